The largest absolute Gasteiger partial charge is 0.416 e. The molecule has 2 aliphatic heterocycles. The average Bonchev–Trinajstić information content (AvgIpc) is 3.69. The standard InChI is InChI=1S/C40H39F6N5O2/c1-26(27-12-6-3-7-13-27)51-34-18-19-35(38(51,30-16-10-5-11-17-30)25-33(34)37-47-48-49-50(37)2)52-20-21-53-36(28-14-8-4-9-15-28)29-22-31(39(41,42)43)24-32(23-29)40(44,45)46/h3-17,22-24,26,33-36H,18-21,25H2,1-2H3. The van der Waals surface area contributed by atoms with Gasteiger partial charge >= 0.3 is 12.4 Å². The number of aromatic nitrogens is 4. The number of aryl methyl sites for hydroxylation is 1. The quantitative estimate of drug-likeness (QED) is 0.0997. The fraction of sp³-hybridized carbons (Fsp3) is 0.375. The molecular formula is C40H39F6N5O2. The smallest absolute Gasteiger partial charge is 0.374 e. The van der Waals surface area contributed by atoms with Gasteiger partial charge in [-0.1, -0.05) is 91.0 Å². The van der Waals surface area contributed by atoms with Crippen LogP contribution >= 0.6 is 0 Å². The molecule has 2 aliphatic rings. The molecule has 5 aromatic rings. The van der Waals surface area contributed by atoms with Crippen LogP contribution in [0.3, 0.4) is 0 Å². The molecule has 6 unspecified atom stereocenters. The second kappa shape index (κ2) is 14.7. The molecule has 7 rings (SSSR count). The lowest BCUT2D eigenvalue weighted by atomic mass is 9.77. The number of hydrogen-bond acceptors (Lipinski definition) is 6. The van der Waals surface area contributed by atoms with Crippen LogP contribution in [-0.4, -0.2) is 50.5 Å². The number of piperidine rings is 1. The van der Waals surface area contributed by atoms with Gasteiger partial charge in [0, 0.05) is 25.0 Å². The van der Waals surface area contributed by atoms with Crippen LogP contribution in [0.4, 0.5) is 26.3 Å². The van der Waals surface area contributed by atoms with Crippen molar-refractivity contribution in [1.29, 1.82) is 0 Å². The summed E-state index contributed by atoms with van der Waals surface area (Å²) in [4.78, 5) is 2.54. The van der Waals surface area contributed by atoms with E-state index in [-0.39, 0.29) is 48.9 Å². The summed E-state index contributed by atoms with van der Waals surface area (Å²) >= 11 is 0. The number of ether oxygens (including phenoxy) is 2. The maximum Gasteiger partial charge on any atom is 0.416 e. The summed E-state index contributed by atoms with van der Waals surface area (Å²) in [6.45, 7) is 2.15. The molecule has 2 fully saturated rings. The zero-order valence-corrected chi connectivity index (χ0v) is 29.1. The first-order valence-corrected chi connectivity index (χ1v) is 17.6. The summed E-state index contributed by atoms with van der Waals surface area (Å²) in [6.07, 6.45) is -9.40. The molecule has 2 bridgehead atoms. The van der Waals surface area contributed by atoms with Gasteiger partial charge in [-0.3, -0.25) is 4.90 Å². The molecule has 7 nitrogen and oxygen atoms in total. The molecule has 4 aromatic carbocycles. The molecule has 3 heterocycles. The monoisotopic (exact) mass is 735 g/mol. The normalized spacial score (nSPS) is 23.2. The maximum absolute atomic E-state index is 13.9. The first kappa shape index (κ1) is 36.8. The second-order valence-electron chi connectivity index (χ2n) is 13.8. The summed E-state index contributed by atoms with van der Waals surface area (Å²) in [6, 6.07) is 30.3. The van der Waals surface area contributed by atoms with Crippen LogP contribution in [0, 0.1) is 0 Å². The molecule has 0 amide bonds. The van der Waals surface area contributed by atoms with Crippen molar-refractivity contribution in [2.24, 2.45) is 7.05 Å². The third-order valence-corrected chi connectivity index (χ3v) is 10.7. The Morgan fingerprint density at radius 1 is 0.755 bits per heavy atom. The number of tetrazole rings is 1. The molecule has 53 heavy (non-hydrogen) atoms. The highest BCUT2D eigenvalue weighted by molar-refractivity contribution is 5.39. The van der Waals surface area contributed by atoms with Crippen molar-refractivity contribution in [3.05, 3.63) is 148 Å². The van der Waals surface area contributed by atoms with E-state index in [1.165, 1.54) is 0 Å². The van der Waals surface area contributed by atoms with Gasteiger partial charge in [0.25, 0.3) is 0 Å². The summed E-state index contributed by atoms with van der Waals surface area (Å²) in [5, 5.41) is 12.5. The molecule has 13 heteroatoms. The molecule has 0 saturated carbocycles. The van der Waals surface area contributed by atoms with Gasteiger partial charge in [0.1, 0.15) is 6.10 Å². The van der Waals surface area contributed by atoms with Gasteiger partial charge in [0.05, 0.1) is 36.0 Å². The van der Waals surface area contributed by atoms with Crippen LogP contribution in [0.15, 0.2) is 109 Å². The van der Waals surface area contributed by atoms with E-state index in [2.05, 4.69) is 51.6 Å². The van der Waals surface area contributed by atoms with E-state index in [4.69, 9.17) is 9.47 Å². The molecule has 6 atom stereocenters. The van der Waals surface area contributed by atoms with Gasteiger partial charge in [0.15, 0.2) is 5.82 Å². The Hall–Kier alpha value is -4.59. The van der Waals surface area contributed by atoms with Gasteiger partial charge in [-0.2, -0.15) is 26.3 Å². The molecular weight excluding hydrogens is 696 g/mol. The topological polar surface area (TPSA) is 65.3 Å². The number of halogens is 6. The Bertz CT molecular complexity index is 1940. The minimum absolute atomic E-state index is 0.0163. The summed E-state index contributed by atoms with van der Waals surface area (Å²) in [5.41, 5.74) is -1.04. The molecule has 0 aliphatic carbocycles. The van der Waals surface area contributed by atoms with E-state index in [1.807, 2.05) is 43.4 Å². The summed E-state index contributed by atoms with van der Waals surface area (Å²) < 4.78 is 97.8. The lowest BCUT2D eigenvalue weighted by Gasteiger charge is -2.52. The van der Waals surface area contributed by atoms with Crippen LogP contribution < -0.4 is 0 Å². The third-order valence-electron chi connectivity index (χ3n) is 10.7. The van der Waals surface area contributed by atoms with Gasteiger partial charge in [-0.15, -0.1) is 5.10 Å². The summed E-state index contributed by atoms with van der Waals surface area (Å²) in [5.74, 6) is 0.768. The van der Waals surface area contributed by atoms with Crippen LogP contribution in [0.1, 0.15) is 83.5 Å². The Labute approximate surface area is 303 Å². The Morgan fingerprint density at radius 2 is 1.34 bits per heavy atom. The van der Waals surface area contributed by atoms with Crippen molar-refractivity contribution in [2.75, 3.05) is 13.2 Å². The lowest BCUT2D eigenvalue weighted by molar-refractivity contribution is -0.143. The highest BCUT2D eigenvalue weighted by Gasteiger charge is 2.62. The van der Waals surface area contributed by atoms with Crippen molar-refractivity contribution in [1.82, 2.24) is 25.1 Å². The van der Waals surface area contributed by atoms with E-state index < -0.39 is 35.1 Å². The number of nitrogens with zero attached hydrogens (tertiary/aromatic N) is 5. The Kier molecular flexibility index (Phi) is 10.2. The molecule has 2 saturated heterocycles. The van der Waals surface area contributed by atoms with Crippen LogP contribution in [-0.2, 0) is 34.4 Å². The van der Waals surface area contributed by atoms with Crippen molar-refractivity contribution in [3.8, 4) is 0 Å². The predicted molar refractivity (Wildman–Crippen MR) is 184 cm³/mol. The number of fused-ring (bicyclic) bond motifs is 2. The van der Waals surface area contributed by atoms with Crippen molar-refractivity contribution < 1.29 is 35.8 Å². The van der Waals surface area contributed by atoms with E-state index in [1.54, 1.807) is 35.0 Å². The summed E-state index contributed by atoms with van der Waals surface area (Å²) in [7, 11) is 1.84. The molecule has 1 aromatic heterocycles. The first-order valence-electron chi connectivity index (χ1n) is 17.6. The van der Waals surface area contributed by atoms with E-state index >= 15 is 0 Å². The van der Waals surface area contributed by atoms with Crippen LogP contribution in [0.25, 0.3) is 0 Å². The number of rotatable bonds is 11. The van der Waals surface area contributed by atoms with Gasteiger partial charge < -0.3 is 9.47 Å². The molecule has 0 N–H and O–H groups in total. The average molecular weight is 736 g/mol. The highest BCUT2D eigenvalue weighted by Crippen LogP contribution is 2.59. The van der Waals surface area contributed by atoms with Gasteiger partial charge in [-0.25, -0.2) is 4.68 Å². The zero-order chi connectivity index (χ0) is 37.4. The van der Waals surface area contributed by atoms with Crippen molar-refractivity contribution in [3.63, 3.8) is 0 Å². The molecule has 0 radical (unpaired) electrons. The van der Waals surface area contributed by atoms with Gasteiger partial charge in [-0.05, 0) is 77.1 Å². The SMILES string of the molecule is CC(c1ccccc1)N1C2CCC(OCCOC(c3ccccc3)c3cc(C(F)(F)F)cc(C(F)(F)F)c3)C1(c1ccccc1)CC2c1nnnn1C. The number of hydrogen-bond donors (Lipinski definition) is 0. The number of alkyl halides is 6. The predicted octanol–water partition coefficient (Wildman–Crippen LogP) is 9.05. The maximum atomic E-state index is 13.9. The highest BCUT2D eigenvalue weighted by atomic mass is 19.4. The molecule has 278 valence electrons. The Morgan fingerprint density at radius 3 is 1.91 bits per heavy atom. The van der Waals surface area contributed by atoms with Crippen LogP contribution in [0.2, 0.25) is 0 Å². The fourth-order valence-corrected chi connectivity index (χ4v) is 8.50. The van der Waals surface area contributed by atoms with E-state index in [0.717, 1.165) is 35.5 Å². The number of benzene rings is 4. The van der Waals surface area contributed by atoms with E-state index in [9.17, 15) is 26.3 Å². The third kappa shape index (κ3) is 7.21. The minimum Gasteiger partial charge on any atom is -0.374 e. The first-order chi connectivity index (χ1) is 25.4. The Balaban J connectivity index is 1.21. The van der Waals surface area contributed by atoms with Crippen molar-refractivity contribution in [2.45, 2.75) is 74.3 Å². The fourth-order valence-electron chi connectivity index (χ4n) is 8.50. The van der Waals surface area contributed by atoms with E-state index in [0.29, 0.717) is 18.4 Å². The van der Waals surface area contributed by atoms with Gasteiger partial charge in [0.2, 0.25) is 0 Å². The second-order valence-corrected chi connectivity index (χ2v) is 13.8. The lowest BCUT2D eigenvalue weighted by Crippen LogP contribution is -2.57. The van der Waals surface area contributed by atoms with Crippen LogP contribution in [0.5, 0.6) is 0 Å². The minimum atomic E-state index is -4.99. The zero-order valence-electron chi connectivity index (χ0n) is 29.1. The molecule has 0 spiro atoms. The van der Waals surface area contributed by atoms with Crippen molar-refractivity contribution >= 4 is 0 Å².